The molecule has 0 amide bonds. The van der Waals surface area contributed by atoms with Crippen molar-refractivity contribution in [3.05, 3.63) is 46.7 Å². The first-order valence-corrected chi connectivity index (χ1v) is 7.30. The van der Waals surface area contributed by atoms with Crippen LogP contribution >= 0.6 is 11.3 Å². The third-order valence-corrected chi connectivity index (χ3v) is 4.33. The highest BCUT2D eigenvalue weighted by atomic mass is 32.1. The molecule has 0 saturated carbocycles. The molecule has 0 aliphatic rings. The molecule has 102 valence electrons. The third-order valence-electron chi connectivity index (χ3n) is 3.43. The lowest BCUT2D eigenvalue weighted by atomic mass is 10.1. The standard InChI is InChI=1S/C14H20N4S/c1-11(8-12-4-3-7-19-12)18(2)14(9-15)13-5-6-16-10-17-13/h3-7,10-11,14H,8-9,15H2,1-2H3. The molecule has 19 heavy (non-hydrogen) atoms. The Labute approximate surface area is 118 Å². The van der Waals surface area contributed by atoms with E-state index in [-0.39, 0.29) is 6.04 Å². The minimum Gasteiger partial charge on any atom is -0.329 e. The van der Waals surface area contributed by atoms with Crippen molar-refractivity contribution in [3.8, 4) is 0 Å². The predicted octanol–water partition coefficient (Wildman–Crippen LogP) is 2.10. The van der Waals surface area contributed by atoms with E-state index in [1.54, 1.807) is 23.9 Å². The predicted molar refractivity (Wildman–Crippen MR) is 79.1 cm³/mol. The molecule has 0 aliphatic heterocycles. The molecule has 5 heteroatoms. The molecular formula is C14H20N4S. The van der Waals surface area contributed by atoms with Crippen LogP contribution < -0.4 is 5.73 Å². The molecule has 2 aromatic heterocycles. The van der Waals surface area contributed by atoms with Crippen LogP contribution in [0.4, 0.5) is 0 Å². The summed E-state index contributed by atoms with van der Waals surface area (Å²) in [6.07, 6.45) is 4.38. The molecular weight excluding hydrogens is 256 g/mol. The molecule has 2 rings (SSSR count). The number of hydrogen-bond donors (Lipinski definition) is 1. The highest BCUT2D eigenvalue weighted by molar-refractivity contribution is 7.09. The van der Waals surface area contributed by atoms with Gasteiger partial charge in [0.25, 0.3) is 0 Å². The fourth-order valence-electron chi connectivity index (χ4n) is 2.16. The molecule has 0 saturated heterocycles. The van der Waals surface area contributed by atoms with Gasteiger partial charge in [-0.25, -0.2) is 9.97 Å². The first-order chi connectivity index (χ1) is 9.22. The lowest BCUT2D eigenvalue weighted by Crippen LogP contribution is -2.38. The number of nitrogens with zero attached hydrogens (tertiary/aromatic N) is 3. The van der Waals surface area contributed by atoms with E-state index in [0.29, 0.717) is 12.6 Å². The Bertz CT molecular complexity index is 471. The molecule has 0 aromatic carbocycles. The maximum atomic E-state index is 5.92. The van der Waals surface area contributed by atoms with Gasteiger partial charge in [-0.2, -0.15) is 0 Å². The van der Waals surface area contributed by atoms with Gasteiger partial charge in [0, 0.05) is 23.7 Å². The van der Waals surface area contributed by atoms with Crippen LogP contribution in [0, 0.1) is 0 Å². The molecule has 2 N–H and O–H groups in total. The SMILES string of the molecule is CC(Cc1cccs1)N(C)C(CN)c1ccncn1. The van der Waals surface area contributed by atoms with Crippen molar-refractivity contribution in [2.45, 2.75) is 25.4 Å². The summed E-state index contributed by atoms with van der Waals surface area (Å²) in [5, 5.41) is 2.12. The smallest absolute Gasteiger partial charge is 0.115 e. The summed E-state index contributed by atoms with van der Waals surface area (Å²) in [6, 6.07) is 6.76. The Morgan fingerprint density at radius 3 is 2.84 bits per heavy atom. The van der Waals surface area contributed by atoms with Gasteiger partial charge in [-0.3, -0.25) is 4.90 Å². The third kappa shape index (κ3) is 3.59. The summed E-state index contributed by atoms with van der Waals surface area (Å²) in [5.74, 6) is 0. The van der Waals surface area contributed by atoms with E-state index < -0.39 is 0 Å². The Morgan fingerprint density at radius 1 is 1.42 bits per heavy atom. The van der Waals surface area contributed by atoms with E-state index in [4.69, 9.17) is 5.73 Å². The Hall–Kier alpha value is -1.30. The zero-order chi connectivity index (χ0) is 13.7. The topological polar surface area (TPSA) is 55.0 Å². The van der Waals surface area contributed by atoms with E-state index in [1.807, 2.05) is 6.07 Å². The number of thiophene rings is 1. The molecule has 2 heterocycles. The van der Waals surface area contributed by atoms with Gasteiger partial charge in [0.1, 0.15) is 6.33 Å². The minimum absolute atomic E-state index is 0.137. The van der Waals surface area contributed by atoms with Crippen molar-refractivity contribution < 1.29 is 0 Å². The van der Waals surface area contributed by atoms with E-state index >= 15 is 0 Å². The van der Waals surface area contributed by atoms with Crippen molar-refractivity contribution in [2.75, 3.05) is 13.6 Å². The average Bonchev–Trinajstić information content (AvgIpc) is 2.93. The second-order valence-corrected chi connectivity index (χ2v) is 5.72. The fraction of sp³-hybridized carbons (Fsp3) is 0.429. The molecule has 0 spiro atoms. The van der Waals surface area contributed by atoms with Crippen LogP contribution in [-0.2, 0) is 6.42 Å². The quantitative estimate of drug-likeness (QED) is 0.878. The van der Waals surface area contributed by atoms with Crippen LogP contribution in [0.2, 0.25) is 0 Å². The van der Waals surface area contributed by atoms with Crippen LogP contribution in [0.5, 0.6) is 0 Å². The highest BCUT2D eigenvalue weighted by Crippen LogP contribution is 2.21. The molecule has 0 fully saturated rings. The summed E-state index contributed by atoms with van der Waals surface area (Å²) in [7, 11) is 2.11. The first-order valence-electron chi connectivity index (χ1n) is 6.42. The Balaban J connectivity index is 2.06. The van der Waals surface area contributed by atoms with Gasteiger partial charge in [-0.05, 0) is 37.9 Å². The summed E-state index contributed by atoms with van der Waals surface area (Å²) < 4.78 is 0. The van der Waals surface area contributed by atoms with Crippen molar-refractivity contribution in [2.24, 2.45) is 5.73 Å². The fourth-order valence-corrected chi connectivity index (χ4v) is 2.99. The first kappa shape index (κ1) is 14.1. The van der Waals surface area contributed by atoms with Gasteiger partial charge in [-0.15, -0.1) is 11.3 Å². The number of likely N-dealkylation sites (N-methyl/N-ethyl adjacent to an activating group) is 1. The zero-order valence-electron chi connectivity index (χ0n) is 11.4. The number of nitrogens with two attached hydrogens (primary N) is 1. The second-order valence-electron chi connectivity index (χ2n) is 4.68. The maximum absolute atomic E-state index is 5.92. The van der Waals surface area contributed by atoms with E-state index in [1.165, 1.54) is 4.88 Å². The molecule has 0 radical (unpaired) electrons. The molecule has 0 bridgehead atoms. The normalized spacial score (nSPS) is 14.5. The van der Waals surface area contributed by atoms with Crippen molar-refractivity contribution in [1.82, 2.24) is 14.9 Å². The summed E-state index contributed by atoms with van der Waals surface area (Å²) in [4.78, 5) is 12.0. The molecule has 2 unspecified atom stereocenters. The maximum Gasteiger partial charge on any atom is 0.115 e. The van der Waals surface area contributed by atoms with Crippen LogP contribution in [0.3, 0.4) is 0 Å². The lowest BCUT2D eigenvalue weighted by molar-refractivity contribution is 0.185. The lowest BCUT2D eigenvalue weighted by Gasteiger charge is -2.31. The molecule has 4 nitrogen and oxygen atoms in total. The summed E-state index contributed by atoms with van der Waals surface area (Å²) >= 11 is 1.80. The Morgan fingerprint density at radius 2 is 2.26 bits per heavy atom. The van der Waals surface area contributed by atoms with Crippen molar-refractivity contribution in [3.63, 3.8) is 0 Å². The van der Waals surface area contributed by atoms with Crippen LogP contribution in [0.15, 0.2) is 36.1 Å². The van der Waals surface area contributed by atoms with E-state index in [2.05, 4.69) is 46.4 Å². The van der Waals surface area contributed by atoms with Gasteiger partial charge in [-0.1, -0.05) is 6.07 Å². The van der Waals surface area contributed by atoms with Crippen LogP contribution in [0.25, 0.3) is 0 Å². The van der Waals surface area contributed by atoms with Gasteiger partial charge in [0.05, 0.1) is 11.7 Å². The molecule has 2 atom stereocenters. The monoisotopic (exact) mass is 276 g/mol. The highest BCUT2D eigenvalue weighted by Gasteiger charge is 2.21. The molecule has 0 aliphatic carbocycles. The number of hydrogen-bond acceptors (Lipinski definition) is 5. The van der Waals surface area contributed by atoms with Gasteiger partial charge < -0.3 is 5.73 Å². The van der Waals surface area contributed by atoms with Crippen molar-refractivity contribution in [1.29, 1.82) is 0 Å². The van der Waals surface area contributed by atoms with E-state index in [9.17, 15) is 0 Å². The van der Waals surface area contributed by atoms with Gasteiger partial charge >= 0.3 is 0 Å². The summed E-state index contributed by atoms with van der Waals surface area (Å²) in [6.45, 7) is 2.78. The zero-order valence-corrected chi connectivity index (χ0v) is 12.2. The van der Waals surface area contributed by atoms with Gasteiger partial charge in [0.15, 0.2) is 0 Å². The van der Waals surface area contributed by atoms with Crippen LogP contribution in [0.1, 0.15) is 23.5 Å². The second kappa shape index (κ2) is 6.75. The average molecular weight is 276 g/mol. The van der Waals surface area contributed by atoms with Gasteiger partial charge in [0.2, 0.25) is 0 Å². The van der Waals surface area contributed by atoms with Crippen LogP contribution in [-0.4, -0.2) is 34.5 Å². The summed E-state index contributed by atoms with van der Waals surface area (Å²) in [5.41, 5.74) is 6.90. The number of aromatic nitrogens is 2. The molecule has 2 aromatic rings. The number of rotatable bonds is 6. The largest absolute Gasteiger partial charge is 0.329 e. The van der Waals surface area contributed by atoms with Crippen molar-refractivity contribution >= 4 is 11.3 Å². The minimum atomic E-state index is 0.137. The van der Waals surface area contributed by atoms with E-state index in [0.717, 1.165) is 12.1 Å². The Kier molecular flexibility index (Phi) is 5.01.